The summed E-state index contributed by atoms with van der Waals surface area (Å²) in [5.41, 5.74) is 1.52. The largest absolute Gasteiger partial charge is 0.315 e. The predicted octanol–water partition coefficient (Wildman–Crippen LogP) is 2.23. The van der Waals surface area contributed by atoms with E-state index in [-0.39, 0.29) is 0 Å². The molecule has 2 aliphatic heterocycles. The molecule has 1 atom stereocenters. The Bertz CT molecular complexity index is 335. The van der Waals surface area contributed by atoms with Crippen LogP contribution in [0.3, 0.4) is 0 Å². The van der Waals surface area contributed by atoms with Gasteiger partial charge in [0.25, 0.3) is 0 Å². The fourth-order valence-electron chi connectivity index (χ4n) is 3.06. The van der Waals surface area contributed by atoms with Gasteiger partial charge in [-0.3, -0.25) is 4.90 Å². The second-order valence-electron chi connectivity index (χ2n) is 5.42. The molecular formula is C15H22N2. The van der Waals surface area contributed by atoms with E-state index in [1.54, 1.807) is 0 Å². The highest BCUT2D eigenvalue weighted by Crippen LogP contribution is 2.29. The Labute approximate surface area is 104 Å². The molecule has 1 unspecified atom stereocenters. The van der Waals surface area contributed by atoms with Gasteiger partial charge in [-0.05, 0) is 24.9 Å². The van der Waals surface area contributed by atoms with Gasteiger partial charge in [0.15, 0.2) is 0 Å². The van der Waals surface area contributed by atoms with Crippen LogP contribution >= 0.6 is 0 Å². The molecule has 0 amide bonds. The van der Waals surface area contributed by atoms with Gasteiger partial charge in [-0.2, -0.15) is 0 Å². The van der Waals surface area contributed by atoms with Crippen LogP contribution in [-0.4, -0.2) is 37.1 Å². The zero-order valence-corrected chi connectivity index (χ0v) is 10.4. The van der Waals surface area contributed by atoms with Gasteiger partial charge in [-0.15, -0.1) is 0 Å². The predicted molar refractivity (Wildman–Crippen MR) is 71.3 cm³/mol. The second-order valence-corrected chi connectivity index (χ2v) is 5.42. The molecule has 2 aliphatic rings. The molecule has 3 rings (SSSR count). The summed E-state index contributed by atoms with van der Waals surface area (Å²) < 4.78 is 0. The SMILES string of the molecule is c1ccc(C2CN(C3CCCCNC3)C2)cc1. The lowest BCUT2D eigenvalue weighted by atomic mass is 9.89. The van der Waals surface area contributed by atoms with Gasteiger partial charge in [0.1, 0.15) is 0 Å². The fraction of sp³-hybridized carbons (Fsp3) is 0.600. The Balaban J connectivity index is 1.54. The van der Waals surface area contributed by atoms with Crippen molar-refractivity contribution < 1.29 is 0 Å². The summed E-state index contributed by atoms with van der Waals surface area (Å²) in [7, 11) is 0. The lowest BCUT2D eigenvalue weighted by Gasteiger charge is -2.44. The summed E-state index contributed by atoms with van der Waals surface area (Å²) in [5.74, 6) is 0.777. The van der Waals surface area contributed by atoms with Crippen molar-refractivity contribution in [2.24, 2.45) is 0 Å². The molecule has 2 heterocycles. The minimum atomic E-state index is 0.777. The normalized spacial score (nSPS) is 27.4. The second kappa shape index (κ2) is 5.19. The third kappa shape index (κ3) is 2.53. The lowest BCUT2D eigenvalue weighted by Crippen LogP contribution is -2.53. The summed E-state index contributed by atoms with van der Waals surface area (Å²) in [6.45, 7) is 4.93. The van der Waals surface area contributed by atoms with E-state index in [4.69, 9.17) is 0 Å². The van der Waals surface area contributed by atoms with Crippen LogP contribution in [0.15, 0.2) is 30.3 Å². The van der Waals surface area contributed by atoms with Gasteiger partial charge < -0.3 is 5.32 Å². The molecule has 1 N–H and O–H groups in total. The van der Waals surface area contributed by atoms with Gasteiger partial charge in [-0.25, -0.2) is 0 Å². The van der Waals surface area contributed by atoms with Crippen molar-refractivity contribution in [3.8, 4) is 0 Å². The average Bonchev–Trinajstić information content (AvgIpc) is 2.58. The molecule has 2 heteroatoms. The Hall–Kier alpha value is -0.860. The maximum atomic E-state index is 3.56. The zero-order valence-electron chi connectivity index (χ0n) is 10.4. The van der Waals surface area contributed by atoms with Crippen molar-refractivity contribution in [1.29, 1.82) is 0 Å². The molecule has 0 aliphatic carbocycles. The van der Waals surface area contributed by atoms with Gasteiger partial charge in [0.05, 0.1) is 0 Å². The van der Waals surface area contributed by atoms with Crippen LogP contribution in [0.2, 0.25) is 0 Å². The number of likely N-dealkylation sites (tertiary alicyclic amines) is 1. The highest BCUT2D eigenvalue weighted by molar-refractivity contribution is 5.22. The standard InChI is InChI=1S/C15H22N2/c1-2-6-13(7-3-1)14-11-17(12-14)15-8-4-5-9-16-10-15/h1-3,6-7,14-16H,4-5,8-12H2. The van der Waals surface area contributed by atoms with Crippen LogP contribution < -0.4 is 5.32 Å². The Kier molecular flexibility index (Phi) is 3.44. The summed E-state index contributed by atoms with van der Waals surface area (Å²) in [5, 5.41) is 3.56. The van der Waals surface area contributed by atoms with Crippen LogP contribution in [0.5, 0.6) is 0 Å². The van der Waals surface area contributed by atoms with Crippen LogP contribution in [-0.2, 0) is 0 Å². The first kappa shape index (κ1) is 11.2. The third-order valence-electron chi connectivity index (χ3n) is 4.22. The molecule has 2 nitrogen and oxygen atoms in total. The summed E-state index contributed by atoms with van der Waals surface area (Å²) >= 11 is 0. The van der Waals surface area contributed by atoms with Crippen molar-refractivity contribution >= 4 is 0 Å². The highest BCUT2D eigenvalue weighted by atomic mass is 15.2. The van der Waals surface area contributed by atoms with Crippen LogP contribution in [0.25, 0.3) is 0 Å². The van der Waals surface area contributed by atoms with Gasteiger partial charge in [0.2, 0.25) is 0 Å². The lowest BCUT2D eigenvalue weighted by molar-refractivity contribution is 0.0879. The highest BCUT2D eigenvalue weighted by Gasteiger charge is 2.32. The first-order valence-corrected chi connectivity index (χ1v) is 6.93. The Morgan fingerprint density at radius 1 is 1.06 bits per heavy atom. The molecule has 0 radical (unpaired) electrons. The van der Waals surface area contributed by atoms with E-state index >= 15 is 0 Å². The van der Waals surface area contributed by atoms with E-state index in [0.29, 0.717) is 0 Å². The minimum absolute atomic E-state index is 0.777. The van der Waals surface area contributed by atoms with Crippen LogP contribution in [0.1, 0.15) is 30.7 Å². The van der Waals surface area contributed by atoms with Gasteiger partial charge in [0, 0.05) is 31.6 Å². The number of rotatable bonds is 2. The maximum absolute atomic E-state index is 3.56. The Morgan fingerprint density at radius 2 is 1.88 bits per heavy atom. The summed E-state index contributed by atoms with van der Waals surface area (Å²) in [6.07, 6.45) is 4.13. The zero-order chi connectivity index (χ0) is 11.5. The summed E-state index contributed by atoms with van der Waals surface area (Å²) in [4.78, 5) is 2.66. The number of hydrogen-bond acceptors (Lipinski definition) is 2. The first-order valence-electron chi connectivity index (χ1n) is 6.93. The van der Waals surface area contributed by atoms with E-state index in [0.717, 1.165) is 12.0 Å². The number of benzene rings is 1. The molecule has 92 valence electrons. The molecule has 1 aromatic rings. The van der Waals surface area contributed by atoms with E-state index in [1.807, 2.05) is 0 Å². The average molecular weight is 230 g/mol. The van der Waals surface area contributed by atoms with Crippen LogP contribution in [0, 0.1) is 0 Å². The fourth-order valence-corrected chi connectivity index (χ4v) is 3.06. The number of nitrogens with zero attached hydrogens (tertiary/aromatic N) is 1. The molecule has 2 fully saturated rings. The summed E-state index contributed by atoms with van der Waals surface area (Å²) in [6, 6.07) is 11.8. The minimum Gasteiger partial charge on any atom is -0.315 e. The van der Waals surface area contributed by atoms with E-state index in [1.165, 1.54) is 51.0 Å². The van der Waals surface area contributed by atoms with Crippen molar-refractivity contribution in [1.82, 2.24) is 10.2 Å². The van der Waals surface area contributed by atoms with Gasteiger partial charge in [-0.1, -0.05) is 36.8 Å². The first-order chi connectivity index (χ1) is 8.43. The van der Waals surface area contributed by atoms with Crippen LogP contribution in [0.4, 0.5) is 0 Å². The maximum Gasteiger partial charge on any atom is 0.0221 e. The van der Waals surface area contributed by atoms with E-state index in [2.05, 4.69) is 40.5 Å². The Morgan fingerprint density at radius 3 is 2.71 bits per heavy atom. The van der Waals surface area contributed by atoms with Crippen molar-refractivity contribution in [3.05, 3.63) is 35.9 Å². The molecule has 0 bridgehead atoms. The molecular weight excluding hydrogens is 208 g/mol. The molecule has 0 saturated carbocycles. The van der Waals surface area contributed by atoms with Crippen molar-refractivity contribution in [3.63, 3.8) is 0 Å². The number of nitrogens with one attached hydrogen (secondary N) is 1. The number of hydrogen-bond donors (Lipinski definition) is 1. The van der Waals surface area contributed by atoms with Crippen molar-refractivity contribution in [2.45, 2.75) is 31.2 Å². The molecule has 1 aromatic carbocycles. The quantitative estimate of drug-likeness (QED) is 0.838. The third-order valence-corrected chi connectivity index (χ3v) is 4.22. The van der Waals surface area contributed by atoms with E-state index in [9.17, 15) is 0 Å². The molecule has 2 saturated heterocycles. The van der Waals surface area contributed by atoms with Crippen molar-refractivity contribution in [2.75, 3.05) is 26.2 Å². The van der Waals surface area contributed by atoms with Gasteiger partial charge >= 0.3 is 0 Å². The topological polar surface area (TPSA) is 15.3 Å². The monoisotopic (exact) mass is 230 g/mol. The van der Waals surface area contributed by atoms with E-state index < -0.39 is 0 Å². The molecule has 0 spiro atoms. The molecule has 17 heavy (non-hydrogen) atoms. The smallest absolute Gasteiger partial charge is 0.0221 e. The molecule has 0 aromatic heterocycles.